The van der Waals surface area contributed by atoms with E-state index in [1.807, 2.05) is 50.5 Å². The van der Waals surface area contributed by atoms with Gasteiger partial charge >= 0.3 is 6.03 Å². The number of amides is 2. The fourth-order valence-electron chi connectivity index (χ4n) is 3.05. The second-order valence-electron chi connectivity index (χ2n) is 6.87. The van der Waals surface area contributed by atoms with Gasteiger partial charge in [-0.15, -0.1) is 0 Å². The minimum Gasteiger partial charge on any atom is -0.336 e. The van der Waals surface area contributed by atoms with E-state index in [1.165, 1.54) is 11.9 Å². The Morgan fingerprint density at radius 3 is 2.57 bits per heavy atom. The summed E-state index contributed by atoms with van der Waals surface area (Å²) in [6, 6.07) is 18.2. The highest BCUT2D eigenvalue weighted by atomic mass is 16.2. The zero-order valence-corrected chi connectivity index (χ0v) is 16.2. The van der Waals surface area contributed by atoms with Gasteiger partial charge in [0.05, 0.1) is 12.6 Å². The fraction of sp³-hybridized carbons (Fsp3) is 0.286. The molecule has 1 atom stereocenters. The van der Waals surface area contributed by atoms with Crippen LogP contribution in [0.15, 0.2) is 67.3 Å². The molecule has 28 heavy (non-hydrogen) atoms. The van der Waals surface area contributed by atoms with Gasteiger partial charge in [0.2, 0.25) is 0 Å². The Morgan fingerprint density at radius 2 is 1.86 bits per heavy atom. The highest BCUT2D eigenvalue weighted by molar-refractivity contribution is 5.73. The predicted molar refractivity (Wildman–Crippen MR) is 109 cm³/mol. The molecule has 2 amide bonds. The van der Waals surface area contributed by atoms with E-state index in [0.29, 0.717) is 19.6 Å². The summed E-state index contributed by atoms with van der Waals surface area (Å²) in [5.74, 6) is 0. The van der Waals surface area contributed by atoms with Crippen molar-refractivity contribution in [3.63, 3.8) is 0 Å². The zero-order valence-electron chi connectivity index (χ0n) is 16.2. The molecule has 2 N–H and O–H groups in total. The summed E-state index contributed by atoms with van der Waals surface area (Å²) < 4.78 is 1.77. The standard InChI is InChI=1S/C21H26N6O/c1-26(2)20(19-9-4-3-5-10-19)13-24-21(28)23-12-17-7-6-8-18(11-17)14-27-16-22-15-25-27/h3-11,15-16,20H,12-14H2,1-2H3,(H2,23,24,28). The van der Waals surface area contributed by atoms with Crippen molar-refractivity contribution < 1.29 is 4.79 Å². The third kappa shape index (κ3) is 5.65. The lowest BCUT2D eigenvalue weighted by Gasteiger charge is -2.25. The van der Waals surface area contributed by atoms with Gasteiger partial charge in [0.15, 0.2) is 0 Å². The highest BCUT2D eigenvalue weighted by Crippen LogP contribution is 2.16. The molecule has 3 rings (SSSR count). The van der Waals surface area contributed by atoms with E-state index in [0.717, 1.165) is 11.1 Å². The molecule has 0 radical (unpaired) electrons. The van der Waals surface area contributed by atoms with Gasteiger partial charge in [-0.25, -0.2) is 14.5 Å². The molecule has 0 saturated carbocycles. The van der Waals surface area contributed by atoms with Crippen molar-refractivity contribution in [2.75, 3.05) is 20.6 Å². The van der Waals surface area contributed by atoms with Gasteiger partial charge in [-0.05, 0) is 30.8 Å². The third-order valence-electron chi connectivity index (χ3n) is 4.52. The Kier molecular flexibility index (Phi) is 6.75. The smallest absolute Gasteiger partial charge is 0.315 e. The molecule has 0 aliphatic carbocycles. The van der Waals surface area contributed by atoms with Crippen LogP contribution in [0.2, 0.25) is 0 Å². The second-order valence-corrected chi connectivity index (χ2v) is 6.87. The Labute approximate surface area is 165 Å². The lowest BCUT2D eigenvalue weighted by atomic mass is 10.1. The van der Waals surface area contributed by atoms with E-state index in [4.69, 9.17) is 0 Å². The highest BCUT2D eigenvalue weighted by Gasteiger charge is 2.14. The molecule has 0 saturated heterocycles. The normalized spacial score (nSPS) is 12.0. The summed E-state index contributed by atoms with van der Waals surface area (Å²) in [6.07, 6.45) is 3.21. The first-order chi connectivity index (χ1) is 13.6. The van der Waals surface area contributed by atoms with Crippen molar-refractivity contribution in [3.05, 3.63) is 83.9 Å². The van der Waals surface area contributed by atoms with Gasteiger partial charge in [0.1, 0.15) is 12.7 Å². The number of rotatable bonds is 8. The minimum absolute atomic E-state index is 0.123. The first kappa shape index (κ1) is 19.6. The van der Waals surface area contributed by atoms with Crippen molar-refractivity contribution in [2.45, 2.75) is 19.1 Å². The van der Waals surface area contributed by atoms with E-state index in [2.05, 4.69) is 43.8 Å². The molecule has 2 aromatic carbocycles. The Hall–Kier alpha value is -3.19. The van der Waals surface area contributed by atoms with Gasteiger partial charge in [0, 0.05) is 13.1 Å². The van der Waals surface area contributed by atoms with Gasteiger partial charge in [0.25, 0.3) is 0 Å². The molecule has 0 bridgehead atoms. The van der Waals surface area contributed by atoms with Crippen LogP contribution in [0.5, 0.6) is 0 Å². The minimum atomic E-state index is -0.176. The van der Waals surface area contributed by atoms with E-state index in [-0.39, 0.29) is 12.1 Å². The first-order valence-corrected chi connectivity index (χ1v) is 9.25. The number of hydrogen-bond donors (Lipinski definition) is 2. The molecule has 1 heterocycles. The monoisotopic (exact) mass is 378 g/mol. The van der Waals surface area contributed by atoms with Crippen molar-refractivity contribution in [3.8, 4) is 0 Å². The molecule has 7 heteroatoms. The molecule has 0 aliphatic rings. The first-order valence-electron chi connectivity index (χ1n) is 9.25. The van der Waals surface area contributed by atoms with E-state index < -0.39 is 0 Å². The largest absolute Gasteiger partial charge is 0.336 e. The summed E-state index contributed by atoms with van der Waals surface area (Å²) >= 11 is 0. The van der Waals surface area contributed by atoms with Gasteiger partial charge in [-0.3, -0.25) is 0 Å². The van der Waals surface area contributed by atoms with Crippen LogP contribution in [0.4, 0.5) is 4.79 Å². The SMILES string of the molecule is CN(C)C(CNC(=O)NCc1cccc(Cn2cncn2)c1)c1ccccc1. The van der Waals surface area contributed by atoms with Crippen LogP contribution in [0.1, 0.15) is 22.7 Å². The van der Waals surface area contributed by atoms with Crippen molar-refractivity contribution in [1.82, 2.24) is 30.3 Å². The molecule has 0 spiro atoms. The molecular formula is C21H26N6O. The summed E-state index contributed by atoms with van der Waals surface area (Å²) in [5, 5.41) is 10.0. The van der Waals surface area contributed by atoms with E-state index >= 15 is 0 Å². The Bertz CT molecular complexity index is 864. The van der Waals surface area contributed by atoms with E-state index in [1.54, 1.807) is 11.0 Å². The van der Waals surface area contributed by atoms with Crippen LogP contribution in [0, 0.1) is 0 Å². The maximum Gasteiger partial charge on any atom is 0.315 e. The van der Waals surface area contributed by atoms with Crippen LogP contribution < -0.4 is 10.6 Å². The lowest BCUT2D eigenvalue weighted by molar-refractivity contribution is 0.232. The molecular weight excluding hydrogens is 352 g/mol. The topological polar surface area (TPSA) is 75.1 Å². The Balaban J connectivity index is 1.50. The fourth-order valence-corrected chi connectivity index (χ4v) is 3.05. The van der Waals surface area contributed by atoms with Crippen molar-refractivity contribution in [1.29, 1.82) is 0 Å². The van der Waals surface area contributed by atoms with Crippen LogP contribution in [-0.2, 0) is 13.1 Å². The van der Waals surface area contributed by atoms with Crippen LogP contribution in [0.3, 0.4) is 0 Å². The molecule has 146 valence electrons. The second kappa shape index (κ2) is 9.66. The Morgan fingerprint density at radius 1 is 1.07 bits per heavy atom. The number of nitrogens with zero attached hydrogens (tertiary/aromatic N) is 4. The summed E-state index contributed by atoms with van der Waals surface area (Å²) in [6.45, 7) is 1.66. The van der Waals surface area contributed by atoms with Gasteiger partial charge in [-0.1, -0.05) is 54.6 Å². The molecule has 1 unspecified atom stereocenters. The van der Waals surface area contributed by atoms with Crippen LogP contribution >= 0.6 is 0 Å². The summed E-state index contributed by atoms with van der Waals surface area (Å²) in [5.41, 5.74) is 3.33. The quantitative estimate of drug-likeness (QED) is 0.631. The third-order valence-corrected chi connectivity index (χ3v) is 4.52. The maximum absolute atomic E-state index is 12.3. The summed E-state index contributed by atoms with van der Waals surface area (Å²) in [7, 11) is 4.02. The molecule has 0 fully saturated rings. The van der Waals surface area contributed by atoms with Gasteiger partial charge in [-0.2, -0.15) is 5.10 Å². The van der Waals surface area contributed by atoms with Crippen LogP contribution in [0.25, 0.3) is 0 Å². The molecule has 1 aromatic heterocycles. The number of carbonyl (C=O) groups is 1. The number of nitrogens with one attached hydrogen (secondary N) is 2. The number of aromatic nitrogens is 3. The van der Waals surface area contributed by atoms with Crippen molar-refractivity contribution in [2.24, 2.45) is 0 Å². The predicted octanol–water partition coefficient (Wildman–Crippen LogP) is 2.43. The zero-order chi connectivity index (χ0) is 19.8. The number of urea groups is 1. The van der Waals surface area contributed by atoms with Gasteiger partial charge < -0.3 is 15.5 Å². The van der Waals surface area contributed by atoms with Crippen LogP contribution in [-0.4, -0.2) is 46.3 Å². The molecule has 3 aromatic rings. The molecule has 0 aliphatic heterocycles. The van der Waals surface area contributed by atoms with E-state index in [9.17, 15) is 4.79 Å². The average molecular weight is 378 g/mol. The number of hydrogen-bond acceptors (Lipinski definition) is 4. The number of carbonyl (C=O) groups excluding carboxylic acids is 1. The number of benzene rings is 2. The summed E-state index contributed by atoms with van der Waals surface area (Å²) in [4.78, 5) is 18.3. The lowest BCUT2D eigenvalue weighted by Crippen LogP contribution is -2.40. The van der Waals surface area contributed by atoms with Crippen molar-refractivity contribution >= 4 is 6.03 Å². The number of likely N-dealkylation sites (N-methyl/N-ethyl adjacent to an activating group) is 1. The maximum atomic E-state index is 12.3. The average Bonchev–Trinajstić information content (AvgIpc) is 3.20. The molecule has 7 nitrogen and oxygen atoms in total.